The summed E-state index contributed by atoms with van der Waals surface area (Å²) in [5.41, 5.74) is 0.838. The minimum absolute atomic E-state index is 0.0884. The average Bonchev–Trinajstić information content (AvgIpc) is 3.53. The van der Waals surface area contributed by atoms with Crippen molar-refractivity contribution in [1.29, 1.82) is 0 Å². The van der Waals surface area contributed by atoms with Gasteiger partial charge >= 0.3 is 6.09 Å². The van der Waals surface area contributed by atoms with Crippen molar-refractivity contribution < 1.29 is 14.3 Å². The molecular weight excluding hydrogens is 486 g/mol. The molecule has 1 aliphatic carbocycles. The summed E-state index contributed by atoms with van der Waals surface area (Å²) < 4.78 is 14.0. The van der Waals surface area contributed by atoms with Gasteiger partial charge in [0.15, 0.2) is 0 Å². The standard InChI is InChI=1S/C25H30BrN3O4/c1-14-22-17(8-9-27-14)18-11-19(26)21(12-20(18)29(5)23(22)30)32-13-16(10-15-6-7-15)28-24(31)33-25(2,3)4/h8-9,11-12,15-16H,6-7,10,13H2,1-5H3,(H,28,31)/t16-/m0/s1. The first kappa shape index (κ1) is 23.5. The molecule has 0 radical (unpaired) electrons. The molecule has 8 heteroatoms. The van der Waals surface area contributed by atoms with E-state index in [1.54, 1.807) is 17.8 Å². The molecule has 1 aliphatic rings. The van der Waals surface area contributed by atoms with E-state index in [4.69, 9.17) is 9.47 Å². The molecule has 0 unspecified atom stereocenters. The maximum atomic E-state index is 13.0. The van der Waals surface area contributed by atoms with E-state index in [-0.39, 0.29) is 11.6 Å². The van der Waals surface area contributed by atoms with E-state index in [2.05, 4.69) is 26.2 Å². The topological polar surface area (TPSA) is 82.5 Å². The van der Waals surface area contributed by atoms with Crippen molar-refractivity contribution in [3.8, 4) is 5.75 Å². The lowest BCUT2D eigenvalue weighted by Gasteiger charge is -2.24. The fraction of sp³-hybridized carbons (Fsp3) is 0.480. The summed E-state index contributed by atoms with van der Waals surface area (Å²) in [6, 6.07) is 5.56. The summed E-state index contributed by atoms with van der Waals surface area (Å²) in [4.78, 5) is 29.6. The van der Waals surface area contributed by atoms with Crippen LogP contribution in [0.4, 0.5) is 4.79 Å². The number of alkyl carbamates (subject to hydrolysis) is 1. The molecule has 3 aromatic rings. The number of nitrogens with zero attached hydrogens (tertiary/aromatic N) is 2. The van der Waals surface area contributed by atoms with Crippen LogP contribution in [0.3, 0.4) is 0 Å². The summed E-state index contributed by atoms with van der Waals surface area (Å²) in [6.07, 6.45) is 4.48. The molecule has 2 heterocycles. The number of hydrogen-bond acceptors (Lipinski definition) is 5. The van der Waals surface area contributed by atoms with Crippen molar-refractivity contribution in [2.75, 3.05) is 6.61 Å². The van der Waals surface area contributed by atoms with Gasteiger partial charge in [0.1, 0.15) is 18.0 Å². The molecule has 2 aromatic heterocycles. The monoisotopic (exact) mass is 515 g/mol. The second kappa shape index (κ2) is 8.97. The predicted octanol–water partition coefficient (Wildman–Crippen LogP) is 5.23. The zero-order chi connectivity index (χ0) is 23.9. The number of amides is 1. The van der Waals surface area contributed by atoms with Crippen LogP contribution in [0.15, 0.2) is 33.7 Å². The second-order valence-corrected chi connectivity index (χ2v) is 10.7. The fourth-order valence-electron chi connectivity index (χ4n) is 4.07. The van der Waals surface area contributed by atoms with Crippen LogP contribution in [-0.2, 0) is 11.8 Å². The number of rotatable bonds is 6. The van der Waals surface area contributed by atoms with E-state index in [0.29, 0.717) is 29.4 Å². The van der Waals surface area contributed by atoms with Gasteiger partial charge in [-0.25, -0.2) is 4.79 Å². The van der Waals surface area contributed by atoms with E-state index in [1.165, 1.54) is 12.8 Å². The van der Waals surface area contributed by atoms with Crippen LogP contribution in [-0.4, -0.2) is 33.9 Å². The van der Waals surface area contributed by atoms with Gasteiger partial charge in [-0.1, -0.05) is 12.8 Å². The first-order valence-electron chi connectivity index (χ1n) is 11.2. The van der Waals surface area contributed by atoms with Gasteiger partial charge in [0.25, 0.3) is 5.56 Å². The van der Waals surface area contributed by atoms with Gasteiger partial charge in [-0.15, -0.1) is 0 Å². The zero-order valence-electron chi connectivity index (χ0n) is 19.7. The Morgan fingerprint density at radius 1 is 1.30 bits per heavy atom. The molecule has 1 saturated carbocycles. The third kappa shape index (κ3) is 5.32. The summed E-state index contributed by atoms with van der Waals surface area (Å²) in [5.74, 6) is 1.23. The molecule has 0 spiro atoms. The highest BCUT2D eigenvalue weighted by atomic mass is 79.9. The maximum Gasteiger partial charge on any atom is 0.407 e. The van der Waals surface area contributed by atoms with Crippen molar-refractivity contribution in [3.63, 3.8) is 0 Å². The summed E-state index contributed by atoms with van der Waals surface area (Å²) in [7, 11) is 1.76. The Bertz CT molecular complexity index is 1270. The molecule has 1 aromatic carbocycles. The zero-order valence-corrected chi connectivity index (χ0v) is 21.3. The summed E-state index contributed by atoms with van der Waals surface area (Å²) in [5, 5.41) is 5.39. The Labute approximate surface area is 201 Å². The lowest BCUT2D eigenvalue weighted by Crippen LogP contribution is -2.42. The highest BCUT2D eigenvalue weighted by Crippen LogP contribution is 2.35. The van der Waals surface area contributed by atoms with E-state index in [0.717, 1.165) is 27.2 Å². The van der Waals surface area contributed by atoms with Gasteiger partial charge in [-0.3, -0.25) is 9.78 Å². The number of aromatic nitrogens is 2. The van der Waals surface area contributed by atoms with E-state index < -0.39 is 11.7 Å². The van der Waals surface area contributed by atoms with Crippen LogP contribution in [0.2, 0.25) is 0 Å². The molecule has 0 aliphatic heterocycles. The van der Waals surface area contributed by atoms with E-state index >= 15 is 0 Å². The maximum absolute atomic E-state index is 13.0. The quantitative estimate of drug-likeness (QED) is 0.454. The van der Waals surface area contributed by atoms with Gasteiger partial charge < -0.3 is 19.4 Å². The third-order valence-electron chi connectivity index (χ3n) is 5.84. The molecule has 1 atom stereocenters. The fourth-order valence-corrected chi connectivity index (χ4v) is 4.53. The molecule has 176 valence electrons. The van der Waals surface area contributed by atoms with Crippen LogP contribution in [0.5, 0.6) is 5.75 Å². The number of fused-ring (bicyclic) bond motifs is 3. The Morgan fingerprint density at radius 2 is 2.03 bits per heavy atom. The van der Waals surface area contributed by atoms with Gasteiger partial charge in [0.2, 0.25) is 0 Å². The number of nitrogens with one attached hydrogen (secondary N) is 1. The van der Waals surface area contributed by atoms with Gasteiger partial charge in [-0.05, 0) is 73.5 Å². The molecule has 0 saturated heterocycles. The molecule has 0 bridgehead atoms. The molecular formula is C25H30BrN3O4. The largest absolute Gasteiger partial charge is 0.490 e. The molecule has 33 heavy (non-hydrogen) atoms. The highest BCUT2D eigenvalue weighted by molar-refractivity contribution is 9.10. The SMILES string of the molecule is Cc1nccc2c1c(=O)n(C)c1cc(OC[C@H](CC3CC3)NC(=O)OC(C)(C)C)c(Br)cc21. The number of halogens is 1. The molecule has 1 fully saturated rings. The number of pyridine rings is 2. The number of aryl methyl sites for hydroxylation is 2. The molecule has 4 rings (SSSR count). The van der Waals surface area contributed by atoms with Crippen molar-refractivity contribution in [1.82, 2.24) is 14.9 Å². The van der Waals surface area contributed by atoms with E-state index in [1.807, 2.05) is 45.9 Å². The number of carbonyl (C=O) groups excluding carboxylic acids is 1. The van der Waals surface area contributed by atoms with Crippen molar-refractivity contribution in [2.24, 2.45) is 13.0 Å². The number of ether oxygens (including phenoxy) is 2. The minimum Gasteiger partial charge on any atom is -0.490 e. The van der Waals surface area contributed by atoms with Crippen molar-refractivity contribution >= 4 is 43.7 Å². The normalized spacial score (nSPS) is 15.0. The summed E-state index contributed by atoms with van der Waals surface area (Å²) >= 11 is 3.63. The Balaban J connectivity index is 1.61. The third-order valence-corrected chi connectivity index (χ3v) is 6.46. The Hall–Kier alpha value is -2.61. The lowest BCUT2D eigenvalue weighted by atomic mass is 10.1. The predicted molar refractivity (Wildman–Crippen MR) is 133 cm³/mol. The minimum atomic E-state index is -0.558. The van der Waals surface area contributed by atoms with Gasteiger partial charge in [0.05, 0.1) is 27.1 Å². The van der Waals surface area contributed by atoms with Crippen molar-refractivity contribution in [3.05, 3.63) is 44.9 Å². The number of benzene rings is 1. The van der Waals surface area contributed by atoms with Crippen LogP contribution < -0.4 is 15.6 Å². The van der Waals surface area contributed by atoms with Crippen LogP contribution in [0.1, 0.15) is 45.7 Å². The van der Waals surface area contributed by atoms with Crippen LogP contribution in [0, 0.1) is 12.8 Å². The first-order valence-corrected chi connectivity index (χ1v) is 12.0. The number of carbonyl (C=O) groups is 1. The van der Waals surface area contributed by atoms with Crippen molar-refractivity contribution in [2.45, 2.75) is 58.6 Å². The Kier molecular flexibility index (Phi) is 6.40. The second-order valence-electron chi connectivity index (χ2n) is 9.82. The van der Waals surface area contributed by atoms with Crippen LogP contribution in [0.25, 0.3) is 21.7 Å². The van der Waals surface area contributed by atoms with Gasteiger partial charge in [0, 0.05) is 24.7 Å². The smallest absolute Gasteiger partial charge is 0.407 e. The first-order chi connectivity index (χ1) is 15.5. The lowest BCUT2D eigenvalue weighted by molar-refractivity contribution is 0.0482. The van der Waals surface area contributed by atoms with Crippen LogP contribution >= 0.6 is 15.9 Å². The molecule has 1 N–H and O–H groups in total. The molecule has 1 amide bonds. The number of hydrogen-bond donors (Lipinski definition) is 1. The molecule has 7 nitrogen and oxygen atoms in total. The van der Waals surface area contributed by atoms with E-state index in [9.17, 15) is 9.59 Å². The highest BCUT2D eigenvalue weighted by Gasteiger charge is 2.28. The average molecular weight is 516 g/mol. The Morgan fingerprint density at radius 3 is 2.70 bits per heavy atom. The summed E-state index contributed by atoms with van der Waals surface area (Å²) in [6.45, 7) is 7.69. The van der Waals surface area contributed by atoms with Gasteiger partial charge in [-0.2, -0.15) is 0 Å².